The van der Waals surface area contributed by atoms with Crippen LogP contribution in [0.1, 0.15) is 51.7 Å². The molecular weight excluding hydrogens is 321 g/mol. The first-order valence-corrected chi connectivity index (χ1v) is 7.47. The van der Waals surface area contributed by atoms with Crippen LogP contribution in [0, 0.1) is 0 Å². The molecule has 0 saturated heterocycles. The lowest BCUT2D eigenvalue weighted by atomic mass is 10.1. The van der Waals surface area contributed by atoms with Crippen LogP contribution >= 0.6 is 0 Å². The van der Waals surface area contributed by atoms with Gasteiger partial charge in [-0.2, -0.15) is 13.2 Å². The standard InChI is InChI=1S/C17H17F3N2O2/c1-2-4-15(23)12-8-14(21-10-12)16(24)22-9-11-5-3-6-13(7-11)17(18,19)20/h3,5-8,10,21H,2,4,9H2,1H3,(H,22,24). The van der Waals surface area contributed by atoms with Gasteiger partial charge in [-0.1, -0.05) is 19.1 Å². The first-order chi connectivity index (χ1) is 11.3. The third kappa shape index (κ3) is 4.47. The van der Waals surface area contributed by atoms with Crippen LogP contribution in [0.2, 0.25) is 0 Å². The second kappa shape index (κ2) is 7.33. The number of halogens is 3. The van der Waals surface area contributed by atoms with Crippen molar-refractivity contribution in [3.05, 3.63) is 58.9 Å². The number of aromatic nitrogens is 1. The highest BCUT2D eigenvalue weighted by molar-refractivity contribution is 6.00. The Hall–Kier alpha value is -2.57. The fourth-order valence-electron chi connectivity index (χ4n) is 2.19. The number of hydrogen-bond acceptors (Lipinski definition) is 2. The largest absolute Gasteiger partial charge is 0.416 e. The van der Waals surface area contributed by atoms with E-state index in [4.69, 9.17) is 0 Å². The van der Waals surface area contributed by atoms with E-state index in [1.807, 2.05) is 6.92 Å². The summed E-state index contributed by atoms with van der Waals surface area (Å²) in [6.07, 6.45) is -1.87. The maximum absolute atomic E-state index is 12.6. The van der Waals surface area contributed by atoms with Gasteiger partial charge in [0.25, 0.3) is 5.91 Å². The average molecular weight is 338 g/mol. The molecule has 0 aliphatic carbocycles. The molecule has 2 rings (SSSR count). The van der Waals surface area contributed by atoms with Crippen molar-refractivity contribution in [1.29, 1.82) is 0 Å². The van der Waals surface area contributed by atoms with E-state index < -0.39 is 17.6 Å². The van der Waals surface area contributed by atoms with Crippen LogP contribution in [0.3, 0.4) is 0 Å². The summed E-state index contributed by atoms with van der Waals surface area (Å²) in [6.45, 7) is 1.84. The minimum atomic E-state index is -4.42. The molecule has 0 radical (unpaired) electrons. The Labute approximate surface area is 137 Å². The first-order valence-electron chi connectivity index (χ1n) is 7.47. The van der Waals surface area contributed by atoms with Crippen LogP contribution < -0.4 is 5.32 Å². The van der Waals surface area contributed by atoms with Gasteiger partial charge >= 0.3 is 6.18 Å². The molecule has 0 unspecified atom stereocenters. The summed E-state index contributed by atoms with van der Waals surface area (Å²) in [7, 11) is 0. The van der Waals surface area contributed by atoms with Crippen LogP contribution in [0.5, 0.6) is 0 Å². The van der Waals surface area contributed by atoms with Gasteiger partial charge in [0.2, 0.25) is 0 Å². The van der Waals surface area contributed by atoms with E-state index in [1.54, 1.807) is 0 Å². The number of carbonyl (C=O) groups is 2. The Morgan fingerprint density at radius 1 is 1.21 bits per heavy atom. The highest BCUT2D eigenvalue weighted by atomic mass is 19.4. The number of amides is 1. The Morgan fingerprint density at radius 3 is 2.62 bits per heavy atom. The van der Waals surface area contributed by atoms with E-state index in [0.29, 0.717) is 24.0 Å². The van der Waals surface area contributed by atoms with E-state index in [0.717, 1.165) is 12.1 Å². The third-order valence-electron chi connectivity index (χ3n) is 3.43. The summed E-state index contributed by atoms with van der Waals surface area (Å²) in [5.41, 5.74) is 0.191. The molecule has 2 N–H and O–H groups in total. The molecule has 0 spiro atoms. The van der Waals surface area contributed by atoms with Crippen molar-refractivity contribution in [2.45, 2.75) is 32.5 Å². The average Bonchev–Trinajstić information content (AvgIpc) is 3.02. The fraction of sp³-hybridized carbons (Fsp3) is 0.294. The molecule has 0 fully saturated rings. The molecule has 7 heteroatoms. The van der Waals surface area contributed by atoms with Crippen molar-refractivity contribution in [1.82, 2.24) is 10.3 Å². The zero-order chi connectivity index (χ0) is 17.7. The van der Waals surface area contributed by atoms with Gasteiger partial charge in [-0.15, -0.1) is 0 Å². The third-order valence-corrected chi connectivity index (χ3v) is 3.43. The van der Waals surface area contributed by atoms with Crippen molar-refractivity contribution >= 4 is 11.7 Å². The number of hydrogen-bond donors (Lipinski definition) is 2. The van der Waals surface area contributed by atoms with Crippen LogP contribution in [0.4, 0.5) is 13.2 Å². The molecule has 1 heterocycles. The predicted molar refractivity (Wildman–Crippen MR) is 82.6 cm³/mol. The molecule has 1 aromatic carbocycles. The van der Waals surface area contributed by atoms with Crippen molar-refractivity contribution < 1.29 is 22.8 Å². The van der Waals surface area contributed by atoms with E-state index in [2.05, 4.69) is 10.3 Å². The van der Waals surface area contributed by atoms with Gasteiger partial charge in [0.15, 0.2) is 5.78 Å². The SMILES string of the molecule is CCCC(=O)c1c[nH]c(C(=O)NCc2cccc(C(F)(F)F)c2)c1. The maximum Gasteiger partial charge on any atom is 0.416 e. The van der Waals surface area contributed by atoms with Crippen molar-refractivity contribution in [2.24, 2.45) is 0 Å². The summed E-state index contributed by atoms with van der Waals surface area (Å²) in [6, 6.07) is 6.20. The lowest BCUT2D eigenvalue weighted by Crippen LogP contribution is -2.23. The summed E-state index contributed by atoms with van der Waals surface area (Å²) in [5, 5.41) is 2.53. The second-order valence-corrected chi connectivity index (χ2v) is 5.36. The Kier molecular flexibility index (Phi) is 5.43. The number of carbonyl (C=O) groups excluding carboxylic acids is 2. The molecule has 4 nitrogen and oxygen atoms in total. The molecular formula is C17H17F3N2O2. The van der Waals surface area contributed by atoms with E-state index >= 15 is 0 Å². The molecule has 24 heavy (non-hydrogen) atoms. The monoisotopic (exact) mass is 338 g/mol. The zero-order valence-electron chi connectivity index (χ0n) is 13.0. The van der Waals surface area contributed by atoms with Gasteiger partial charge in [0, 0.05) is 24.7 Å². The first kappa shape index (κ1) is 17.8. The Morgan fingerprint density at radius 2 is 1.96 bits per heavy atom. The Balaban J connectivity index is 2.00. The molecule has 1 aromatic heterocycles. The van der Waals surface area contributed by atoms with Crippen molar-refractivity contribution in [3.8, 4) is 0 Å². The number of rotatable bonds is 6. The van der Waals surface area contributed by atoms with Crippen LogP contribution in [0.15, 0.2) is 36.5 Å². The van der Waals surface area contributed by atoms with Gasteiger partial charge in [-0.25, -0.2) is 0 Å². The molecule has 0 bridgehead atoms. The molecule has 2 aromatic rings. The van der Waals surface area contributed by atoms with Crippen LogP contribution in [0.25, 0.3) is 0 Å². The van der Waals surface area contributed by atoms with Crippen molar-refractivity contribution in [3.63, 3.8) is 0 Å². The normalized spacial score (nSPS) is 11.3. The van der Waals surface area contributed by atoms with E-state index in [9.17, 15) is 22.8 Å². The van der Waals surface area contributed by atoms with Gasteiger partial charge in [-0.05, 0) is 30.2 Å². The van der Waals surface area contributed by atoms with E-state index in [-0.39, 0.29) is 18.0 Å². The fourth-order valence-corrected chi connectivity index (χ4v) is 2.19. The van der Waals surface area contributed by atoms with E-state index in [1.165, 1.54) is 24.4 Å². The smallest absolute Gasteiger partial charge is 0.356 e. The van der Waals surface area contributed by atoms with Crippen LogP contribution in [-0.4, -0.2) is 16.7 Å². The zero-order valence-corrected chi connectivity index (χ0v) is 13.0. The lowest BCUT2D eigenvalue weighted by Gasteiger charge is -2.09. The van der Waals surface area contributed by atoms with Gasteiger partial charge in [0.1, 0.15) is 5.69 Å². The second-order valence-electron chi connectivity index (χ2n) is 5.36. The van der Waals surface area contributed by atoms with Crippen molar-refractivity contribution in [2.75, 3.05) is 0 Å². The number of Topliss-reactive ketones (excluding diaryl/α,β-unsaturated/α-hetero) is 1. The number of H-pyrrole nitrogens is 1. The maximum atomic E-state index is 12.6. The highest BCUT2D eigenvalue weighted by Gasteiger charge is 2.30. The number of nitrogens with one attached hydrogen (secondary N) is 2. The molecule has 1 amide bonds. The summed E-state index contributed by atoms with van der Waals surface area (Å²) in [5.74, 6) is -0.548. The topological polar surface area (TPSA) is 62.0 Å². The summed E-state index contributed by atoms with van der Waals surface area (Å²) < 4.78 is 37.9. The number of benzene rings is 1. The van der Waals surface area contributed by atoms with Crippen LogP contribution in [-0.2, 0) is 12.7 Å². The van der Waals surface area contributed by atoms with Gasteiger partial charge < -0.3 is 10.3 Å². The van der Waals surface area contributed by atoms with Gasteiger partial charge in [0.05, 0.1) is 5.56 Å². The molecule has 0 atom stereocenters. The number of alkyl halides is 3. The number of aromatic amines is 1. The summed E-state index contributed by atoms with van der Waals surface area (Å²) in [4.78, 5) is 26.5. The highest BCUT2D eigenvalue weighted by Crippen LogP contribution is 2.29. The molecule has 0 saturated carbocycles. The predicted octanol–water partition coefficient (Wildman–Crippen LogP) is 3.95. The lowest BCUT2D eigenvalue weighted by molar-refractivity contribution is -0.137. The quantitative estimate of drug-likeness (QED) is 0.784. The molecule has 128 valence electrons. The summed E-state index contributed by atoms with van der Waals surface area (Å²) >= 11 is 0. The van der Waals surface area contributed by atoms with Gasteiger partial charge in [-0.3, -0.25) is 9.59 Å². The minimum absolute atomic E-state index is 0.0417. The molecule has 0 aliphatic rings. The molecule has 0 aliphatic heterocycles. The minimum Gasteiger partial charge on any atom is -0.356 e. The number of ketones is 1. The Bertz CT molecular complexity index is 735.